The number of nitrogens with one attached hydrogen (secondary N) is 1. The highest BCUT2D eigenvalue weighted by Gasteiger charge is 2.24. The molecule has 1 heterocycles. The number of allylic oxidation sites excluding steroid dienone is 5. The maximum absolute atomic E-state index is 12.2. The first-order valence-corrected chi connectivity index (χ1v) is 9.12. The molecular formula is C20H22N2OS. The van der Waals surface area contributed by atoms with E-state index in [0.29, 0.717) is 16.0 Å². The SMILES string of the molecule is CC[C@H]1C=CC(/C=C2\SC(=Nc3ccc(C)c(C)c3)NC2=O)=CC1. The number of amides is 1. The minimum Gasteiger partial charge on any atom is -0.300 e. The molecule has 4 heteroatoms. The van der Waals surface area contributed by atoms with E-state index in [1.54, 1.807) is 0 Å². The first-order valence-electron chi connectivity index (χ1n) is 8.30. The van der Waals surface area contributed by atoms with Crippen LogP contribution in [0, 0.1) is 19.8 Å². The highest BCUT2D eigenvalue weighted by molar-refractivity contribution is 8.18. The summed E-state index contributed by atoms with van der Waals surface area (Å²) in [6.07, 6.45) is 10.7. The summed E-state index contributed by atoms with van der Waals surface area (Å²) in [5.74, 6) is 0.550. The van der Waals surface area contributed by atoms with Gasteiger partial charge in [0.15, 0.2) is 5.17 Å². The van der Waals surface area contributed by atoms with E-state index in [1.807, 2.05) is 18.2 Å². The van der Waals surface area contributed by atoms with E-state index >= 15 is 0 Å². The zero-order chi connectivity index (χ0) is 17.1. The van der Waals surface area contributed by atoms with Gasteiger partial charge in [0.1, 0.15) is 0 Å². The molecule has 0 bridgehead atoms. The number of aliphatic imine (C=N–C) groups is 1. The molecule has 1 saturated heterocycles. The average molecular weight is 338 g/mol. The Balaban J connectivity index is 1.75. The molecular weight excluding hydrogens is 316 g/mol. The lowest BCUT2D eigenvalue weighted by Gasteiger charge is -2.12. The number of benzene rings is 1. The summed E-state index contributed by atoms with van der Waals surface area (Å²) in [6.45, 7) is 6.34. The van der Waals surface area contributed by atoms with Crippen LogP contribution in [-0.4, -0.2) is 11.1 Å². The van der Waals surface area contributed by atoms with Crippen LogP contribution in [0.1, 0.15) is 30.9 Å². The molecule has 0 aromatic heterocycles. The summed E-state index contributed by atoms with van der Waals surface area (Å²) in [7, 11) is 0. The maximum Gasteiger partial charge on any atom is 0.264 e. The fourth-order valence-electron chi connectivity index (χ4n) is 2.64. The van der Waals surface area contributed by atoms with Crippen molar-refractivity contribution in [2.75, 3.05) is 0 Å². The number of carbonyl (C=O) groups is 1. The molecule has 0 spiro atoms. The molecule has 0 saturated carbocycles. The molecule has 24 heavy (non-hydrogen) atoms. The van der Waals surface area contributed by atoms with Crippen molar-refractivity contribution in [1.29, 1.82) is 0 Å². The summed E-state index contributed by atoms with van der Waals surface area (Å²) in [5.41, 5.74) is 4.41. The second-order valence-corrected chi connectivity index (χ2v) is 7.25. The summed E-state index contributed by atoms with van der Waals surface area (Å²) in [4.78, 5) is 17.4. The van der Waals surface area contributed by atoms with Gasteiger partial charge in [-0.1, -0.05) is 31.2 Å². The lowest BCUT2D eigenvalue weighted by atomic mass is 9.94. The second kappa shape index (κ2) is 7.22. The first-order chi connectivity index (χ1) is 11.5. The Morgan fingerprint density at radius 3 is 2.83 bits per heavy atom. The number of hydrogen-bond acceptors (Lipinski definition) is 3. The third-order valence-electron chi connectivity index (χ3n) is 4.41. The molecule has 1 aromatic carbocycles. The zero-order valence-corrected chi connectivity index (χ0v) is 15.1. The fraction of sp³-hybridized carbons (Fsp3) is 0.300. The lowest BCUT2D eigenvalue weighted by molar-refractivity contribution is -0.115. The minimum atomic E-state index is -0.0745. The van der Waals surface area contributed by atoms with Crippen molar-refractivity contribution in [2.45, 2.75) is 33.6 Å². The Kier molecular flexibility index (Phi) is 5.05. The van der Waals surface area contributed by atoms with Gasteiger partial charge < -0.3 is 5.32 Å². The summed E-state index contributed by atoms with van der Waals surface area (Å²) < 4.78 is 0. The molecule has 3 nitrogen and oxygen atoms in total. The quantitative estimate of drug-likeness (QED) is 0.792. The Bertz CT molecular complexity index is 787. The Labute approximate surface area is 147 Å². The fourth-order valence-corrected chi connectivity index (χ4v) is 3.48. The van der Waals surface area contributed by atoms with E-state index in [4.69, 9.17) is 0 Å². The zero-order valence-electron chi connectivity index (χ0n) is 14.3. The Hall–Kier alpha value is -2.07. The van der Waals surface area contributed by atoms with Crippen molar-refractivity contribution in [3.63, 3.8) is 0 Å². The van der Waals surface area contributed by atoms with Crippen molar-refractivity contribution < 1.29 is 4.79 Å². The smallest absolute Gasteiger partial charge is 0.264 e. The van der Waals surface area contributed by atoms with Gasteiger partial charge in [-0.3, -0.25) is 4.79 Å². The predicted octanol–water partition coefficient (Wildman–Crippen LogP) is 4.95. The molecule has 1 fully saturated rings. The van der Waals surface area contributed by atoms with E-state index in [2.05, 4.69) is 55.4 Å². The van der Waals surface area contributed by atoms with Crippen molar-refractivity contribution in [3.05, 3.63) is 64.1 Å². The minimum absolute atomic E-state index is 0.0745. The third kappa shape index (κ3) is 3.88. The van der Waals surface area contributed by atoms with Crippen LogP contribution in [0.2, 0.25) is 0 Å². The monoisotopic (exact) mass is 338 g/mol. The van der Waals surface area contributed by atoms with Gasteiger partial charge >= 0.3 is 0 Å². The van der Waals surface area contributed by atoms with Crippen LogP contribution in [0.3, 0.4) is 0 Å². The summed E-state index contributed by atoms with van der Waals surface area (Å²) in [6, 6.07) is 6.06. The maximum atomic E-state index is 12.2. The molecule has 1 aromatic rings. The number of hydrogen-bond donors (Lipinski definition) is 1. The Morgan fingerprint density at radius 2 is 2.17 bits per heavy atom. The molecule has 3 rings (SSSR count). The highest BCUT2D eigenvalue weighted by Crippen LogP contribution is 2.29. The van der Waals surface area contributed by atoms with Gasteiger partial charge in [0.05, 0.1) is 10.6 Å². The standard InChI is InChI=1S/C20H22N2OS/c1-4-15-6-8-16(9-7-15)12-18-19(23)22-20(24-18)21-17-10-5-13(2)14(3)11-17/h5-6,8-12,15H,4,7H2,1-3H3,(H,21,22,23)/b18-12-/t15-/m0/s1. The molecule has 2 aliphatic rings. The number of rotatable bonds is 3. The van der Waals surface area contributed by atoms with Crippen molar-refractivity contribution in [3.8, 4) is 0 Å². The molecule has 1 atom stereocenters. The number of aryl methyl sites for hydroxylation is 2. The number of nitrogens with zero attached hydrogens (tertiary/aromatic N) is 1. The molecule has 0 unspecified atom stereocenters. The van der Waals surface area contributed by atoms with Crippen molar-refractivity contribution in [2.24, 2.45) is 10.9 Å². The van der Waals surface area contributed by atoms with E-state index in [0.717, 1.165) is 24.1 Å². The second-order valence-electron chi connectivity index (χ2n) is 6.22. The van der Waals surface area contributed by atoms with E-state index in [9.17, 15) is 4.79 Å². The predicted molar refractivity (Wildman–Crippen MR) is 102 cm³/mol. The largest absolute Gasteiger partial charge is 0.300 e. The van der Waals surface area contributed by atoms with Crippen LogP contribution >= 0.6 is 11.8 Å². The number of thioether (sulfide) groups is 1. The van der Waals surface area contributed by atoms with Gasteiger partial charge in [-0.2, -0.15) is 0 Å². The third-order valence-corrected chi connectivity index (χ3v) is 5.32. The normalized spacial score (nSPS) is 23.7. The molecule has 1 amide bonds. The van der Waals surface area contributed by atoms with Gasteiger partial charge in [0.25, 0.3) is 5.91 Å². The molecule has 1 aliphatic heterocycles. The van der Waals surface area contributed by atoms with Crippen LogP contribution in [0.15, 0.2) is 58.0 Å². The molecule has 1 N–H and O–H groups in total. The van der Waals surface area contributed by atoms with Gasteiger partial charge in [0.2, 0.25) is 0 Å². The number of amidine groups is 1. The van der Waals surface area contributed by atoms with Crippen molar-refractivity contribution >= 4 is 28.5 Å². The summed E-state index contributed by atoms with van der Waals surface area (Å²) >= 11 is 1.40. The average Bonchev–Trinajstić information content (AvgIpc) is 2.91. The van der Waals surface area contributed by atoms with Crippen molar-refractivity contribution in [1.82, 2.24) is 5.32 Å². The molecule has 1 aliphatic carbocycles. The van der Waals surface area contributed by atoms with Crippen LogP contribution in [0.4, 0.5) is 5.69 Å². The van der Waals surface area contributed by atoms with Gasteiger partial charge in [-0.25, -0.2) is 4.99 Å². The van der Waals surface area contributed by atoms with Gasteiger partial charge in [-0.05, 0) is 79.3 Å². The summed E-state index contributed by atoms with van der Waals surface area (Å²) in [5, 5.41) is 3.49. The molecule has 0 radical (unpaired) electrons. The highest BCUT2D eigenvalue weighted by atomic mass is 32.2. The van der Waals surface area contributed by atoms with E-state index < -0.39 is 0 Å². The van der Waals surface area contributed by atoms with Gasteiger partial charge in [0, 0.05) is 0 Å². The Morgan fingerprint density at radius 1 is 1.33 bits per heavy atom. The topological polar surface area (TPSA) is 41.5 Å². The van der Waals surface area contributed by atoms with Gasteiger partial charge in [-0.15, -0.1) is 0 Å². The van der Waals surface area contributed by atoms with E-state index in [-0.39, 0.29) is 5.91 Å². The van der Waals surface area contributed by atoms with E-state index in [1.165, 1.54) is 22.9 Å². The first kappa shape index (κ1) is 16.8. The van der Waals surface area contributed by atoms with Crippen LogP contribution in [0.25, 0.3) is 0 Å². The number of carbonyl (C=O) groups excluding carboxylic acids is 1. The lowest BCUT2D eigenvalue weighted by Crippen LogP contribution is -2.19. The van der Waals surface area contributed by atoms with Crippen LogP contribution < -0.4 is 5.32 Å². The van der Waals surface area contributed by atoms with Crippen LogP contribution in [-0.2, 0) is 4.79 Å². The van der Waals surface area contributed by atoms with Crippen LogP contribution in [0.5, 0.6) is 0 Å². The molecule has 124 valence electrons.